The van der Waals surface area contributed by atoms with Gasteiger partial charge in [-0.1, -0.05) is 0 Å². The number of hydrogen-bond donors (Lipinski definition) is 2. The molecule has 0 aromatic heterocycles. The summed E-state index contributed by atoms with van der Waals surface area (Å²) >= 11 is 0. The van der Waals surface area contributed by atoms with Crippen molar-refractivity contribution in [3.05, 3.63) is 35.1 Å². The zero-order chi connectivity index (χ0) is 13.0. The summed E-state index contributed by atoms with van der Waals surface area (Å²) in [6.45, 7) is 3.40. The normalized spacial score (nSPS) is 17.9. The Balaban J connectivity index is 0.00000180. The van der Waals surface area contributed by atoms with E-state index >= 15 is 0 Å². The zero-order valence-electron chi connectivity index (χ0n) is 11.0. The zero-order valence-corrected chi connectivity index (χ0v) is 11.9. The van der Waals surface area contributed by atoms with Crippen molar-refractivity contribution in [1.29, 1.82) is 0 Å². The number of nitrogens with one attached hydrogen (secondary N) is 2. The molecule has 1 heterocycles. The lowest BCUT2D eigenvalue weighted by molar-refractivity contribution is 0.0952. The van der Waals surface area contributed by atoms with Crippen molar-refractivity contribution in [3.8, 4) is 0 Å². The predicted octanol–water partition coefficient (Wildman–Crippen LogP) is 2.43. The minimum atomic E-state index is -0.276. The van der Waals surface area contributed by atoms with Gasteiger partial charge in [-0.05, 0) is 56.5 Å². The van der Waals surface area contributed by atoms with Crippen molar-refractivity contribution < 1.29 is 9.18 Å². The van der Waals surface area contributed by atoms with E-state index in [0.717, 1.165) is 13.0 Å². The van der Waals surface area contributed by atoms with Gasteiger partial charge in [-0.15, -0.1) is 12.4 Å². The predicted molar refractivity (Wildman–Crippen MR) is 76.4 cm³/mol. The molecule has 1 amide bonds. The molecule has 1 saturated heterocycles. The molecular weight excluding hydrogens is 267 g/mol. The summed E-state index contributed by atoms with van der Waals surface area (Å²) in [6, 6.07) is 4.97. The van der Waals surface area contributed by atoms with Gasteiger partial charge >= 0.3 is 0 Å². The van der Waals surface area contributed by atoms with Crippen LogP contribution in [0, 0.1) is 12.7 Å². The number of halogens is 2. The molecule has 19 heavy (non-hydrogen) atoms. The van der Waals surface area contributed by atoms with Crippen LogP contribution in [0.5, 0.6) is 0 Å². The first-order valence-corrected chi connectivity index (χ1v) is 6.44. The minimum absolute atomic E-state index is 0. The molecule has 0 bridgehead atoms. The van der Waals surface area contributed by atoms with Crippen LogP contribution in [0.15, 0.2) is 18.2 Å². The Hall–Kier alpha value is -1.13. The molecule has 0 aliphatic carbocycles. The van der Waals surface area contributed by atoms with E-state index in [1.807, 2.05) is 0 Å². The average Bonchev–Trinajstić information content (AvgIpc) is 2.85. The topological polar surface area (TPSA) is 41.1 Å². The van der Waals surface area contributed by atoms with Crippen LogP contribution in [0.4, 0.5) is 4.39 Å². The quantitative estimate of drug-likeness (QED) is 0.892. The molecule has 1 aliphatic rings. The van der Waals surface area contributed by atoms with E-state index in [4.69, 9.17) is 0 Å². The fourth-order valence-corrected chi connectivity index (χ4v) is 2.25. The third-order valence-electron chi connectivity index (χ3n) is 3.36. The summed E-state index contributed by atoms with van der Waals surface area (Å²) in [7, 11) is 0. The molecule has 0 saturated carbocycles. The molecule has 0 unspecified atom stereocenters. The summed E-state index contributed by atoms with van der Waals surface area (Å²) in [5.41, 5.74) is 1.02. The number of aryl methyl sites for hydroxylation is 1. The van der Waals surface area contributed by atoms with Crippen molar-refractivity contribution in [3.63, 3.8) is 0 Å². The Bertz CT molecular complexity index is 433. The highest BCUT2D eigenvalue weighted by Crippen LogP contribution is 2.10. The first kappa shape index (κ1) is 15.9. The largest absolute Gasteiger partial charge is 0.352 e. The second-order valence-electron chi connectivity index (χ2n) is 4.80. The maximum Gasteiger partial charge on any atom is 0.251 e. The molecule has 1 aromatic rings. The van der Waals surface area contributed by atoms with Crippen molar-refractivity contribution in [2.24, 2.45) is 0 Å². The highest BCUT2D eigenvalue weighted by atomic mass is 35.5. The molecule has 1 aliphatic heterocycles. The minimum Gasteiger partial charge on any atom is -0.352 e. The molecule has 2 rings (SSSR count). The summed E-state index contributed by atoms with van der Waals surface area (Å²) < 4.78 is 13.1. The molecular formula is C14H20ClFN2O. The van der Waals surface area contributed by atoms with Crippen LogP contribution in [0.2, 0.25) is 0 Å². The van der Waals surface area contributed by atoms with Gasteiger partial charge < -0.3 is 10.6 Å². The van der Waals surface area contributed by atoms with Crippen LogP contribution in [0.25, 0.3) is 0 Å². The first-order valence-electron chi connectivity index (χ1n) is 6.44. The molecule has 0 radical (unpaired) electrons. The van der Waals surface area contributed by atoms with E-state index in [9.17, 15) is 9.18 Å². The van der Waals surface area contributed by atoms with E-state index in [-0.39, 0.29) is 24.1 Å². The van der Waals surface area contributed by atoms with Crippen LogP contribution in [-0.2, 0) is 0 Å². The number of rotatable bonds is 4. The van der Waals surface area contributed by atoms with Crippen molar-refractivity contribution >= 4 is 18.3 Å². The number of amides is 1. The Kier molecular flexibility index (Phi) is 6.25. The number of benzene rings is 1. The third-order valence-corrected chi connectivity index (χ3v) is 3.36. The molecule has 1 aromatic carbocycles. The van der Waals surface area contributed by atoms with Gasteiger partial charge in [0.15, 0.2) is 0 Å². The smallest absolute Gasteiger partial charge is 0.251 e. The monoisotopic (exact) mass is 286 g/mol. The second-order valence-corrected chi connectivity index (χ2v) is 4.80. The van der Waals surface area contributed by atoms with E-state index in [2.05, 4.69) is 10.6 Å². The van der Waals surface area contributed by atoms with Crippen LogP contribution in [-0.4, -0.2) is 25.0 Å². The summed E-state index contributed by atoms with van der Waals surface area (Å²) in [4.78, 5) is 11.8. The lowest BCUT2D eigenvalue weighted by Gasteiger charge is -2.11. The molecule has 106 valence electrons. The highest BCUT2D eigenvalue weighted by Gasteiger charge is 2.14. The van der Waals surface area contributed by atoms with Crippen LogP contribution in [0.3, 0.4) is 0 Å². The van der Waals surface area contributed by atoms with Gasteiger partial charge in [0, 0.05) is 18.2 Å². The summed E-state index contributed by atoms with van der Waals surface area (Å²) in [5, 5.41) is 6.26. The summed E-state index contributed by atoms with van der Waals surface area (Å²) in [5.74, 6) is -0.405. The molecule has 0 spiro atoms. The molecule has 1 fully saturated rings. The van der Waals surface area contributed by atoms with E-state index in [0.29, 0.717) is 23.7 Å². The van der Waals surface area contributed by atoms with Crippen LogP contribution >= 0.6 is 12.4 Å². The van der Waals surface area contributed by atoms with Crippen molar-refractivity contribution in [2.45, 2.75) is 32.2 Å². The van der Waals surface area contributed by atoms with Crippen molar-refractivity contribution in [1.82, 2.24) is 10.6 Å². The van der Waals surface area contributed by atoms with Gasteiger partial charge in [0.25, 0.3) is 5.91 Å². The Labute approximate surface area is 119 Å². The first-order chi connectivity index (χ1) is 8.66. The van der Waals surface area contributed by atoms with E-state index in [1.54, 1.807) is 13.0 Å². The second kappa shape index (κ2) is 7.46. The maximum absolute atomic E-state index is 13.1. The van der Waals surface area contributed by atoms with Gasteiger partial charge in [0.05, 0.1) is 0 Å². The lowest BCUT2D eigenvalue weighted by Crippen LogP contribution is -2.30. The third kappa shape index (κ3) is 4.48. The van der Waals surface area contributed by atoms with Crippen LogP contribution in [0.1, 0.15) is 35.2 Å². The van der Waals surface area contributed by atoms with Gasteiger partial charge in [0.2, 0.25) is 0 Å². The molecule has 3 nitrogen and oxygen atoms in total. The fraction of sp³-hybridized carbons (Fsp3) is 0.500. The van der Waals surface area contributed by atoms with Gasteiger partial charge in [-0.2, -0.15) is 0 Å². The van der Waals surface area contributed by atoms with Crippen LogP contribution < -0.4 is 10.6 Å². The number of carbonyl (C=O) groups excluding carboxylic acids is 1. The van der Waals surface area contributed by atoms with E-state index < -0.39 is 0 Å². The molecule has 2 N–H and O–H groups in total. The fourth-order valence-electron chi connectivity index (χ4n) is 2.25. The maximum atomic E-state index is 13.1. The number of hydrogen-bond acceptors (Lipinski definition) is 2. The number of carbonyl (C=O) groups is 1. The van der Waals surface area contributed by atoms with E-state index in [1.165, 1.54) is 25.0 Å². The Morgan fingerprint density at radius 2 is 2.32 bits per heavy atom. The average molecular weight is 287 g/mol. The Morgan fingerprint density at radius 1 is 1.53 bits per heavy atom. The van der Waals surface area contributed by atoms with Gasteiger partial charge in [-0.3, -0.25) is 4.79 Å². The molecule has 5 heteroatoms. The molecule has 1 atom stereocenters. The standard InChI is InChI=1S/C14H19FN2O.ClH/c1-10-9-11(4-5-13(10)15)14(18)17-8-6-12-3-2-7-16-12;/h4-5,9,12,16H,2-3,6-8H2,1H3,(H,17,18);1H/t12-;/m1./s1. The van der Waals surface area contributed by atoms with Crippen molar-refractivity contribution in [2.75, 3.05) is 13.1 Å². The van der Waals surface area contributed by atoms with Gasteiger partial charge in [0.1, 0.15) is 5.82 Å². The highest BCUT2D eigenvalue weighted by molar-refractivity contribution is 5.94. The Morgan fingerprint density at radius 3 is 2.95 bits per heavy atom. The summed E-state index contributed by atoms with van der Waals surface area (Å²) in [6.07, 6.45) is 3.35. The van der Waals surface area contributed by atoms with Gasteiger partial charge in [-0.25, -0.2) is 4.39 Å². The lowest BCUT2D eigenvalue weighted by atomic mass is 10.1. The SMILES string of the molecule is Cc1cc(C(=O)NCC[C@H]2CCCN2)ccc1F.Cl.